The summed E-state index contributed by atoms with van der Waals surface area (Å²) in [5.41, 5.74) is 1.00. The lowest BCUT2D eigenvalue weighted by atomic mass is 9.85. The number of urea groups is 1. The molecule has 5 nitrogen and oxygen atoms in total. The molecular weight excluding hydrogens is 254 g/mol. The maximum Gasteiger partial charge on any atom is 0.315 e. The van der Waals surface area contributed by atoms with Gasteiger partial charge in [-0.15, -0.1) is 0 Å². The molecule has 0 aliphatic rings. The molecule has 20 heavy (non-hydrogen) atoms. The highest BCUT2D eigenvalue weighted by atomic mass is 16.5. The maximum absolute atomic E-state index is 11.9. The Labute approximate surface area is 121 Å². The third-order valence-electron chi connectivity index (χ3n) is 3.59. The Kier molecular flexibility index (Phi) is 5.95. The average molecular weight is 279 g/mol. The highest BCUT2D eigenvalue weighted by Crippen LogP contribution is 2.20. The van der Waals surface area contributed by atoms with Gasteiger partial charge in [-0.05, 0) is 31.5 Å². The number of rotatable bonds is 6. The summed E-state index contributed by atoms with van der Waals surface area (Å²) in [7, 11) is 1.63. The number of nitrogens with zero attached hydrogens (tertiary/aromatic N) is 1. The van der Waals surface area contributed by atoms with Crippen molar-refractivity contribution in [1.82, 2.24) is 15.6 Å². The van der Waals surface area contributed by atoms with Crippen LogP contribution < -0.4 is 10.6 Å². The van der Waals surface area contributed by atoms with Gasteiger partial charge in [0, 0.05) is 31.5 Å². The minimum atomic E-state index is -0.177. The van der Waals surface area contributed by atoms with Crippen molar-refractivity contribution in [2.75, 3.05) is 13.7 Å². The van der Waals surface area contributed by atoms with Crippen LogP contribution in [0.5, 0.6) is 0 Å². The zero-order valence-corrected chi connectivity index (χ0v) is 12.9. The molecule has 2 amide bonds. The summed E-state index contributed by atoms with van der Waals surface area (Å²) < 4.78 is 5.18. The van der Waals surface area contributed by atoms with Gasteiger partial charge in [-0.2, -0.15) is 0 Å². The number of pyridine rings is 1. The third kappa shape index (κ3) is 4.81. The van der Waals surface area contributed by atoms with Crippen molar-refractivity contribution >= 4 is 6.03 Å². The maximum atomic E-state index is 11.9. The van der Waals surface area contributed by atoms with E-state index in [4.69, 9.17) is 4.74 Å². The lowest BCUT2D eigenvalue weighted by Crippen LogP contribution is -2.48. The second-order valence-electron chi connectivity index (χ2n) is 5.68. The van der Waals surface area contributed by atoms with Gasteiger partial charge in [0.2, 0.25) is 0 Å². The molecule has 0 bridgehead atoms. The molecule has 0 radical (unpaired) electrons. The number of hydrogen-bond acceptors (Lipinski definition) is 3. The molecular formula is C15H25N3O2. The first-order valence-corrected chi connectivity index (χ1v) is 6.84. The number of carbonyl (C=O) groups is 1. The summed E-state index contributed by atoms with van der Waals surface area (Å²) in [4.78, 5) is 15.9. The van der Waals surface area contributed by atoms with E-state index in [2.05, 4.69) is 29.5 Å². The highest BCUT2D eigenvalue weighted by molar-refractivity contribution is 5.74. The molecule has 1 heterocycles. The van der Waals surface area contributed by atoms with Crippen molar-refractivity contribution in [3.05, 3.63) is 30.1 Å². The molecule has 1 aromatic rings. The molecule has 0 fully saturated rings. The molecule has 0 spiro atoms. The number of hydrogen-bond donors (Lipinski definition) is 2. The third-order valence-corrected chi connectivity index (χ3v) is 3.59. The van der Waals surface area contributed by atoms with Gasteiger partial charge in [-0.25, -0.2) is 4.79 Å². The summed E-state index contributed by atoms with van der Waals surface area (Å²) in [6, 6.07) is 3.72. The Morgan fingerprint density at radius 1 is 1.35 bits per heavy atom. The Morgan fingerprint density at radius 3 is 2.50 bits per heavy atom. The fraction of sp³-hybridized carbons (Fsp3) is 0.600. The van der Waals surface area contributed by atoms with Gasteiger partial charge in [-0.3, -0.25) is 4.98 Å². The Balaban J connectivity index is 2.48. The van der Waals surface area contributed by atoms with Crippen molar-refractivity contribution in [2.45, 2.75) is 45.3 Å². The Morgan fingerprint density at radius 2 is 1.95 bits per heavy atom. The van der Waals surface area contributed by atoms with Crippen molar-refractivity contribution in [3.63, 3.8) is 0 Å². The van der Waals surface area contributed by atoms with E-state index in [9.17, 15) is 4.79 Å². The fourth-order valence-electron chi connectivity index (χ4n) is 1.79. The molecule has 0 saturated carbocycles. The summed E-state index contributed by atoms with van der Waals surface area (Å²) in [6.07, 6.45) is 3.51. The molecule has 0 unspecified atom stereocenters. The first-order chi connectivity index (χ1) is 9.36. The molecule has 5 heteroatoms. The minimum Gasteiger partial charge on any atom is -0.380 e. The molecule has 0 aliphatic heterocycles. The van der Waals surface area contributed by atoms with Crippen molar-refractivity contribution in [3.8, 4) is 0 Å². The number of nitrogens with one attached hydrogen (secondary N) is 2. The van der Waals surface area contributed by atoms with Gasteiger partial charge in [0.1, 0.15) is 0 Å². The van der Waals surface area contributed by atoms with Crippen LogP contribution in [0.1, 0.15) is 33.3 Å². The number of amides is 2. The van der Waals surface area contributed by atoms with Crippen LogP contribution >= 0.6 is 0 Å². The van der Waals surface area contributed by atoms with Gasteiger partial charge in [0.15, 0.2) is 0 Å². The Bertz CT molecular complexity index is 420. The van der Waals surface area contributed by atoms with Gasteiger partial charge in [0.05, 0.1) is 12.1 Å². The molecule has 0 aromatic carbocycles. The van der Waals surface area contributed by atoms with E-state index < -0.39 is 0 Å². The van der Waals surface area contributed by atoms with Crippen molar-refractivity contribution < 1.29 is 9.53 Å². The van der Waals surface area contributed by atoms with E-state index in [1.54, 1.807) is 19.5 Å². The van der Waals surface area contributed by atoms with Gasteiger partial charge >= 0.3 is 6.03 Å². The standard InChI is InChI=1S/C15H25N3O2/c1-11(12(2)20-5)18-14(19)17-10-15(3,4)13-6-8-16-9-7-13/h6-9,11-12H,10H2,1-5H3,(H2,17,18,19)/t11-,12+/m0/s1. The van der Waals surface area contributed by atoms with E-state index in [1.165, 1.54) is 0 Å². The average Bonchev–Trinajstić information content (AvgIpc) is 2.45. The molecule has 2 N–H and O–H groups in total. The first-order valence-electron chi connectivity index (χ1n) is 6.84. The molecule has 2 atom stereocenters. The van der Waals surface area contributed by atoms with Crippen LogP contribution in [0.3, 0.4) is 0 Å². The van der Waals surface area contributed by atoms with E-state index >= 15 is 0 Å². The Hall–Kier alpha value is -1.62. The monoisotopic (exact) mass is 279 g/mol. The predicted molar refractivity (Wildman–Crippen MR) is 79.7 cm³/mol. The summed E-state index contributed by atoms with van der Waals surface area (Å²) >= 11 is 0. The van der Waals surface area contributed by atoms with Crippen LogP contribution in [-0.4, -0.2) is 36.8 Å². The minimum absolute atomic E-state index is 0.0195. The largest absolute Gasteiger partial charge is 0.380 e. The summed E-state index contributed by atoms with van der Waals surface area (Å²) in [5.74, 6) is 0. The number of carbonyl (C=O) groups excluding carboxylic acids is 1. The highest BCUT2D eigenvalue weighted by Gasteiger charge is 2.22. The number of ether oxygens (including phenoxy) is 1. The number of aromatic nitrogens is 1. The lowest BCUT2D eigenvalue weighted by molar-refractivity contribution is 0.0911. The molecule has 1 rings (SSSR count). The van der Waals surface area contributed by atoms with E-state index in [1.807, 2.05) is 26.0 Å². The van der Waals surface area contributed by atoms with Crippen LogP contribution in [0, 0.1) is 0 Å². The molecule has 0 saturated heterocycles. The SMILES string of the molecule is CO[C@H](C)[C@H](C)NC(=O)NCC(C)(C)c1ccncc1. The zero-order valence-electron chi connectivity index (χ0n) is 12.9. The summed E-state index contributed by atoms with van der Waals surface area (Å²) in [6.45, 7) is 8.57. The fourth-order valence-corrected chi connectivity index (χ4v) is 1.79. The van der Waals surface area contributed by atoms with Crippen LogP contribution in [-0.2, 0) is 10.2 Å². The smallest absolute Gasteiger partial charge is 0.315 e. The second kappa shape index (κ2) is 7.24. The van der Waals surface area contributed by atoms with Crippen LogP contribution in [0.2, 0.25) is 0 Å². The zero-order chi connectivity index (χ0) is 15.2. The predicted octanol–water partition coefficient (Wildman–Crippen LogP) is 2.08. The normalized spacial score (nSPS) is 14.4. The number of methoxy groups -OCH3 is 1. The molecule has 0 aliphatic carbocycles. The van der Waals surface area contributed by atoms with E-state index in [-0.39, 0.29) is 23.6 Å². The second-order valence-corrected chi connectivity index (χ2v) is 5.68. The van der Waals surface area contributed by atoms with Gasteiger partial charge < -0.3 is 15.4 Å². The van der Waals surface area contributed by atoms with Crippen LogP contribution in [0.25, 0.3) is 0 Å². The van der Waals surface area contributed by atoms with E-state index in [0.29, 0.717) is 6.54 Å². The molecule has 1 aromatic heterocycles. The van der Waals surface area contributed by atoms with E-state index in [0.717, 1.165) is 5.56 Å². The first kappa shape index (κ1) is 16.4. The quantitative estimate of drug-likeness (QED) is 0.838. The van der Waals surface area contributed by atoms with Crippen LogP contribution in [0.4, 0.5) is 4.79 Å². The van der Waals surface area contributed by atoms with Crippen LogP contribution in [0.15, 0.2) is 24.5 Å². The van der Waals surface area contributed by atoms with Gasteiger partial charge in [0.25, 0.3) is 0 Å². The molecule has 112 valence electrons. The topological polar surface area (TPSA) is 63.2 Å². The lowest BCUT2D eigenvalue weighted by Gasteiger charge is -2.26. The summed E-state index contributed by atoms with van der Waals surface area (Å²) in [5, 5.41) is 5.77. The van der Waals surface area contributed by atoms with Crippen molar-refractivity contribution in [1.29, 1.82) is 0 Å². The van der Waals surface area contributed by atoms with Crippen molar-refractivity contribution in [2.24, 2.45) is 0 Å². The van der Waals surface area contributed by atoms with Gasteiger partial charge in [-0.1, -0.05) is 13.8 Å².